The van der Waals surface area contributed by atoms with Crippen LogP contribution in [0.2, 0.25) is 5.02 Å². The van der Waals surface area contributed by atoms with Crippen molar-refractivity contribution < 1.29 is 14.0 Å². The molecule has 0 saturated carbocycles. The summed E-state index contributed by atoms with van der Waals surface area (Å²) >= 11 is 5.71. The lowest BCUT2D eigenvalue weighted by molar-refractivity contribution is 0.0358. The van der Waals surface area contributed by atoms with E-state index in [2.05, 4.69) is 5.43 Å². The zero-order valence-corrected chi connectivity index (χ0v) is 14.4. The Kier molecular flexibility index (Phi) is 5.24. The zero-order chi connectivity index (χ0) is 17.9. The lowest BCUT2D eigenvalue weighted by atomic mass is 10.1. The summed E-state index contributed by atoms with van der Waals surface area (Å²) in [6.07, 6.45) is 0. The number of hydrogen-bond acceptors (Lipinski definition) is 2. The maximum absolute atomic E-state index is 13.2. The van der Waals surface area contributed by atoms with Crippen LogP contribution in [0.25, 0.3) is 0 Å². The lowest BCUT2D eigenvalue weighted by Crippen LogP contribution is -2.55. The van der Waals surface area contributed by atoms with Crippen LogP contribution in [-0.4, -0.2) is 22.4 Å². The molecule has 2 aromatic rings. The third kappa shape index (κ3) is 4.11. The minimum absolute atomic E-state index is 0.153. The summed E-state index contributed by atoms with van der Waals surface area (Å²) in [6, 6.07) is 12.3. The van der Waals surface area contributed by atoms with Gasteiger partial charge in [0.05, 0.1) is 10.6 Å². The molecule has 0 aromatic heterocycles. The van der Waals surface area contributed by atoms with Crippen molar-refractivity contribution in [1.82, 2.24) is 10.4 Å². The molecule has 0 aliphatic rings. The van der Waals surface area contributed by atoms with E-state index in [0.717, 1.165) is 6.07 Å². The van der Waals surface area contributed by atoms with E-state index >= 15 is 0 Å². The molecule has 0 heterocycles. The van der Waals surface area contributed by atoms with Crippen molar-refractivity contribution in [1.29, 1.82) is 0 Å². The summed E-state index contributed by atoms with van der Waals surface area (Å²) in [5.74, 6) is -1.50. The van der Waals surface area contributed by atoms with Crippen LogP contribution in [0, 0.1) is 5.82 Å². The van der Waals surface area contributed by atoms with Crippen LogP contribution >= 0.6 is 11.6 Å². The summed E-state index contributed by atoms with van der Waals surface area (Å²) < 4.78 is 13.2. The topological polar surface area (TPSA) is 49.4 Å². The Balaban J connectivity index is 2.28. The van der Waals surface area contributed by atoms with E-state index in [1.807, 2.05) is 0 Å². The molecule has 2 rings (SSSR count). The molecule has 126 valence electrons. The lowest BCUT2D eigenvalue weighted by Gasteiger charge is -2.35. The number of nitrogens with one attached hydrogen (secondary N) is 1. The van der Waals surface area contributed by atoms with Crippen molar-refractivity contribution >= 4 is 23.4 Å². The summed E-state index contributed by atoms with van der Waals surface area (Å²) in [5.41, 5.74) is 2.53. The van der Waals surface area contributed by atoms with Gasteiger partial charge in [-0.3, -0.25) is 15.0 Å². The molecule has 0 fully saturated rings. The van der Waals surface area contributed by atoms with E-state index in [1.54, 1.807) is 51.1 Å². The number of hydrogen-bond donors (Lipinski definition) is 1. The molecule has 0 aliphatic heterocycles. The van der Waals surface area contributed by atoms with Crippen molar-refractivity contribution in [2.75, 3.05) is 0 Å². The molecule has 0 radical (unpaired) electrons. The molecule has 0 unspecified atom stereocenters. The van der Waals surface area contributed by atoms with Gasteiger partial charge in [0.15, 0.2) is 0 Å². The quantitative estimate of drug-likeness (QED) is 0.832. The standard InChI is InChI=1S/C18H18ClFN2O2/c1-18(2,3)22(17(24)12-7-5-4-6-8-12)21-16(23)13-9-10-15(20)14(19)11-13/h4-11H,1-3H3,(H,21,23). The van der Waals surface area contributed by atoms with E-state index in [0.29, 0.717) is 5.56 Å². The fraction of sp³-hybridized carbons (Fsp3) is 0.222. The number of nitrogens with zero attached hydrogens (tertiary/aromatic N) is 1. The third-order valence-electron chi connectivity index (χ3n) is 3.29. The number of halogens is 2. The molecule has 2 amide bonds. The van der Waals surface area contributed by atoms with Crippen LogP contribution in [0.4, 0.5) is 4.39 Å². The first-order valence-corrected chi connectivity index (χ1v) is 7.73. The zero-order valence-electron chi connectivity index (χ0n) is 13.6. The Morgan fingerprint density at radius 3 is 2.21 bits per heavy atom. The molecule has 0 atom stereocenters. The first-order valence-electron chi connectivity index (χ1n) is 7.36. The highest BCUT2D eigenvalue weighted by Crippen LogP contribution is 2.18. The molecule has 0 spiro atoms. The smallest absolute Gasteiger partial charge is 0.267 e. The van der Waals surface area contributed by atoms with Gasteiger partial charge in [0.25, 0.3) is 11.8 Å². The van der Waals surface area contributed by atoms with Gasteiger partial charge in [-0.15, -0.1) is 0 Å². The van der Waals surface area contributed by atoms with Crippen molar-refractivity contribution in [3.63, 3.8) is 0 Å². The first-order chi connectivity index (χ1) is 11.2. The third-order valence-corrected chi connectivity index (χ3v) is 3.58. The number of carbonyl (C=O) groups excluding carboxylic acids is 2. The van der Waals surface area contributed by atoms with E-state index in [9.17, 15) is 14.0 Å². The first kappa shape index (κ1) is 17.9. The molecule has 4 nitrogen and oxygen atoms in total. The maximum Gasteiger partial charge on any atom is 0.272 e. The van der Waals surface area contributed by atoms with Gasteiger partial charge in [0.2, 0.25) is 0 Å². The Hall–Kier alpha value is -2.40. The van der Waals surface area contributed by atoms with Gasteiger partial charge in [-0.05, 0) is 51.1 Å². The van der Waals surface area contributed by atoms with Crippen LogP contribution in [-0.2, 0) is 0 Å². The van der Waals surface area contributed by atoms with E-state index in [-0.39, 0.29) is 16.5 Å². The molecule has 0 bridgehead atoms. The molecule has 0 aliphatic carbocycles. The second-order valence-corrected chi connectivity index (χ2v) is 6.65. The fourth-order valence-corrected chi connectivity index (χ4v) is 2.22. The second kappa shape index (κ2) is 7.01. The Morgan fingerprint density at radius 2 is 1.67 bits per heavy atom. The highest BCUT2D eigenvalue weighted by Gasteiger charge is 2.29. The average Bonchev–Trinajstić information content (AvgIpc) is 2.54. The van der Waals surface area contributed by atoms with Gasteiger partial charge in [-0.2, -0.15) is 0 Å². The normalized spacial score (nSPS) is 11.0. The van der Waals surface area contributed by atoms with Gasteiger partial charge < -0.3 is 0 Å². The summed E-state index contributed by atoms with van der Waals surface area (Å²) in [5, 5.41) is 1.10. The Labute approximate surface area is 145 Å². The van der Waals surface area contributed by atoms with Gasteiger partial charge in [-0.1, -0.05) is 29.8 Å². The number of hydrazine groups is 1. The maximum atomic E-state index is 13.2. The fourth-order valence-electron chi connectivity index (χ4n) is 2.04. The molecule has 0 saturated heterocycles. The van der Waals surface area contributed by atoms with Gasteiger partial charge in [0, 0.05) is 11.1 Å². The molecular formula is C18H18ClFN2O2. The van der Waals surface area contributed by atoms with E-state index in [1.165, 1.54) is 17.1 Å². The van der Waals surface area contributed by atoms with E-state index < -0.39 is 17.3 Å². The van der Waals surface area contributed by atoms with Crippen molar-refractivity contribution in [2.24, 2.45) is 0 Å². The molecule has 6 heteroatoms. The molecule has 1 N–H and O–H groups in total. The highest BCUT2D eigenvalue weighted by atomic mass is 35.5. The van der Waals surface area contributed by atoms with Crippen LogP contribution < -0.4 is 5.43 Å². The van der Waals surface area contributed by atoms with Crippen LogP contribution in [0.5, 0.6) is 0 Å². The van der Waals surface area contributed by atoms with Crippen LogP contribution in [0.1, 0.15) is 41.5 Å². The minimum Gasteiger partial charge on any atom is -0.267 e. The van der Waals surface area contributed by atoms with Gasteiger partial charge in [0.1, 0.15) is 5.82 Å². The number of amides is 2. The van der Waals surface area contributed by atoms with Crippen LogP contribution in [0.3, 0.4) is 0 Å². The van der Waals surface area contributed by atoms with E-state index in [4.69, 9.17) is 11.6 Å². The summed E-state index contributed by atoms with van der Waals surface area (Å²) in [4.78, 5) is 25.1. The molecule has 2 aromatic carbocycles. The van der Waals surface area contributed by atoms with Crippen LogP contribution in [0.15, 0.2) is 48.5 Å². The Morgan fingerprint density at radius 1 is 1.04 bits per heavy atom. The molecular weight excluding hydrogens is 331 g/mol. The SMILES string of the molecule is CC(C)(C)N(NC(=O)c1ccc(F)c(Cl)c1)C(=O)c1ccccc1. The second-order valence-electron chi connectivity index (χ2n) is 6.25. The number of rotatable bonds is 2. The minimum atomic E-state index is -0.660. The predicted octanol–water partition coefficient (Wildman–Crippen LogP) is 4.06. The van der Waals surface area contributed by atoms with Crippen molar-refractivity contribution in [3.05, 3.63) is 70.5 Å². The largest absolute Gasteiger partial charge is 0.272 e. The average molecular weight is 349 g/mol. The number of carbonyl (C=O) groups is 2. The van der Waals surface area contributed by atoms with Crippen molar-refractivity contribution in [2.45, 2.75) is 26.3 Å². The summed E-state index contributed by atoms with van der Waals surface area (Å²) in [6.45, 7) is 5.39. The highest BCUT2D eigenvalue weighted by molar-refractivity contribution is 6.31. The Bertz CT molecular complexity index is 757. The summed E-state index contributed by atoms with van der Waals surface area (Å²) in [7, 11) is 0. The predicted molar refractivity (Wildman–Crippen MR) is 91.2 cm³/mol. The number of benzene rings is 2. The monoisotopic (exact) mass is 348 g/mol. The van der Waals surface area contributed by atoms with Gasteiger partial charge >= 0.3 is 0 Å². The van der Waals surface area contributed by atoms with Gasteiger partial charge in [-0.25, -0.2) is 9.40 Å². The van der Waals surface area contributed by atoms with Crippen molar-refractivity contribution in [3.8, 4) is 0 Å². The molecule has 24 heavy (non-hydrogen) atoms.